The van der Waals surface area contributed by atoms with E-state index < -0.39 is 12.1 Å². The van der Waals surface area contributed by atoms with E-state index in [0.29, 0.717) is 25.6 Å². The SMILES string of the molecule is CCCCCCCOC(=O)C(CC(C)C)N(C)C(=O)OCCC. The molecule has 136 valence electrons. The minimum Gasteiger partial charge on any atom is -0.464 e. The second kappa shape index (κ2) is 13.2. The fraction of sp³-hybridized carbons (Fsp3) is 0.889. The molecule has 1 amide bonds. The van der Waals surface area contributed by atoms with E-state index in [9.17, 15) is 9.59 Å². The van der Waals surface area contributed by atoms with Gasteiger partial charge in [0.15, 0.2) is 0 Å². The lowest BCUT2D eigenvalue weighted by Gasteiger charge is -2.27. The zero-order valence-electron chi connectivity index (χ0n) is 15.6. The molecule has 0 N–H and O–H groups in total. The van der Waals surface area contributed by atoms with Crippen molar-refractivity contribution in [3.63, 3.8) is 0 Å². The molecule has 0 bridgehead atoms. The Hall–Kier alpha value is -1.26. The molecule has 0 aliphatic rings. The molecular formula is C18H35NO4. The van der Waals surface area contributed by atoms with Gasteiger partial charge in [0.05, 0.1) is 13.2 Å². The molecular weight excluding hydrogens is 294 g/mol. The van der Waals surface area contributed by atoms with E-state index in [1.807, 2.05) is 20.8 Å². The predicted octanol–water partition coefficient (Wildman–Crippen LogP) is 4.39. The van der Waals surface area contributed by atoms with Gasteiger partial charge in [-0.1, -0.05) is 53.4 Å². The first-order valence-corrected chi connectivity index (χ1v) is 9.00. The average molecular weight is 329 g/mol. The molecule has 1 unspecified atom stereocenters. The number of hydrogen-bond acceptors (Lipinski definition) is 4. The van der Waals surface area contributed by atoms with Crippen LogP contribution in [0.15, 0.2) is 0 Å². The van der Waals surface area contributed by atoms with Crippen LogP contribution in [0.4, 0.5) is 4.79 Å². The van der Waals surface area contributed by atoms with E-state index in [2.05, 4.69) is 6.92 Å². The van der Waals surface area contributed by atoms with Crippen LogP contribution in [0, 0.1) is 5.92 Å². The van der Waals surface area contributed by atoms with Crippen molar-refractivity contribution < 1.29 is 19.1 Å². The van der Waals surface area contributed by atoms with E-state index in [0.717, 1.165) is 19.3 Å². The van der Waals surface area contributed by atoms with Crippen LogP contribution in [0.3, 0.4) is 0 Å². The molecule has 5 heteroatoms. The monoisotopic (exact) mass is 329 g/mol. The molecule has 23 heavy (non-hydrogen) atoms. The molecule has 0 saturated heterocycles. The Balaban J connectivity index is 4.39. The highest BCUT2D eigenvalue weighted by molar-refractivity contribution is 5.81. The minimum absolute atomic E-state index is 0.290. The zero-order valence-corrected chi connectivity index (χ0v) is 15.6. The number of hydrogen-bond donors (Lipinski definition) is 0. The van der Waals surface area contributed by atoms with Crippen molar-refractivity contribution in [1.29, 1.82) is 0 Å². The van der Waals surface area contributed by atoms with Gasteiger partial charge in [-0.25, -0.2) is 9.59 Å². The van der Waals surface area contributed by atoms with Crippen LogP contribution in [0.5, 0.6) is 0 Å². The van der Waals surface area contributed by atoms with E-state index >= 15 is 0 Å². The lowest BCUT2D eigenvalue weighted by atomic mass is 10.0. The van der Waals surface area contributed by atoms with Crippen molar-refractivity contribution in [2.24, 2.45) is 5.92 Å². The molecule has 0 spiro atoms. The summed E-state index contributed by atoms with van der Waals surface area (Å²) in [6.07, 6.45) is 6.42. The number of ether oxygens (including phenoxy) is 2. The summed E-state index contributed by atoms with van der Waals surface area (Å²) in [5, 5.41) is 0. The molecule has 5 nitrogen and oxygen atoms in total. The zero-order chi connectivity index (χ0) is 17.7. The summed E-state index contributed by atoms with van der Waals surface area (Å²) in [4.78, 5) is 25.7. The summed E-state index contributed by atoms with van der Waals surface area (Å²) in [5.74, 6) is -0.0383. The van der Waals surface area contributed by atoms with Crippen LogP contribution >= 0.6 is 0 Å². The van der Waals surface area contributed by atoms with Gasteiger partial charge in [0, 0.05) is 7.05 Å². The highest BCUT2D eigenvalue weighted by Gasteiger charge is 2.29. The molecule has 0 rings (SSSR count). The summed E-state index contributed by atoms with van der Waals surface area (Å²) in [6, 6.07) is -0.574. The largest absolute Gasteiger partial charge is 0.464 e. The normalized spacial score (nSPS) is 12.1. The van der Waals surface area contributed by atoms with E-state index in [4.69, 9.17) is 9.47 Å². The number of carbonyl (C=O) groups is 2. The lowest BCUT2D eigenvalue weighted by molar-refractivity contribution is -0.149. The number of nitrogens with zero attached hydrogens (tertiary/aromatic N) is 1. The third-order valence-corrected chi connectivity index (χ3v) is 3.64. The summed E-state index contributed by atoms with van der Waals surface area (Å²) < 4.78 is 10.5. The van der Waals surface area contributed by atoms with Crippen LogP contribution in [0.2, 0.25) is 0 Å². The van der Waals surface area contributed by atoms with E-state index in [1.54, 1.807) is 7.05 Å². The van der Waals surface area contributed by atoms with Gasteiger partial charge < -0.3 is 9.47 Å². The van der Waals surface area contributed by atoms with Crippen molar-refractivity contribution >= 4 is 12.1 Å². The van der Waals surface area contributed by atoms with Crippen molar-refractivity contribution in [3.05, 3.63) is 0 Å². The maximum atomic E-state index is 12.3. The molecule has 0 radical (unpaired) electrons. The number of esters is 1. The molecule has 0 fully saturated rings. The molecule has 0 saturated carbocycles. The van der Waals surface area contributed by atoms with Gasteiger partial charge in [-0.2, -0.15) is 0 Å². The third kappa shape index (κ3) is 10.2. The van der Waals surface area contributed by atoms with Crippen LogP contribution in [0.1, 0.15) is 72.6 Å². The second-order valence-corrected chi connectivity index (χ2v) is 6.45. The third-order valence-electron chi connectivity index (χ3n) is 3.64. The Morgan fingerprint density at radius 2 is 1.57 bits per heavy atom. The van der Waals surface area contributed by atoms with Gasteiger partial charge in [-0.15, -0.1) is 0 Å². The Morgan fingerprint density at radius 1 is 0.913 bits per heavy atom. The van der Waals surface area contributed by atoms with Gasteiger partial charge >= 0.3 is 12.1 Å². The highest BCUT2D eigenvalue weighted by atomic mass is 16.6. The van der Waals surface area contributed by atoms with Gasteiger partial charge in [0.25, 0.3) is 0 Å². The van der Waals surface area contributed by atoms with E-state index in [1.165, 1.54) is 24.2 Å². The number of unbranched alkanes of at least 4 members (excludes halogenated alkanes) is 4. The van der Waals surface area contributed by atoms with Gasteiger partial charge in [-0.3, -0.25) is 4.90 Å². The van der Waals surface area contributed by atoms with Crippen LogP contribution in [0.25, 0.3) is 0 Å². The first-order valence-electron chi connectivity index (χ1n) is 9.00. The van der Waals surface area contributed by atoms with Crippen molar-refractivity contribution in [2.45, 2.75) is 78.7 Å². The van der Waals surface area contributed by atoms with Crippen molar-refractivity contribution in [3.8, 4) is 0 Å². The summed E-state index contributed by atoms with van der Waals surface area (Å²) in [6.45, 7) is 8.95. The fourth-order valence-corrected chi connectivity index (χ4v) is 2.25. The smallest absolute Gasteiger partial charge is 0.410 e. The Bertz CT molecular complexity index is 331. The Labute approximate surface area is 141 Å². The maximum absolute atomic E-state index is 12.3. The van der Waals surface area contributed by atoms with Gasteiger partial charge in [-0.05, 0) is 25.2 Å². The molecule has 0 aromatic rings. The van der Waals surface area contributed by atoms with E-state index in [-0.39, 0.29) is 5.97 Å². The molecule has 0 heterocycles. The highest BCUT2D eigenvalue weighted by Crippen LogP contribution is 2.14. The van der Waals surface area contributed by atoms with Crippen LogP contribution in [-0.4, -0.2) is 43.3 Å². The molecule has 0 aromatic carbocycles. The van der Waals surface area contributed by atoms with Crippen molar-refractivity contribution in [2.75, 3.05) is 20.3 Å². The fourth-order valence-electron chi connectivity index (χ4n) is 2.25. The number of likely N-dealkylation sites (N-methyl/N-ethyl adjacent to an activating group) is 1. The summed E-state index contributed by atoms with van der Waals surface area (Å²) >= 11 is 0. The molecule has 1 atom stereocenters. The maximum Gasteiger partial charge on any atom is 0.410 e. The first kappa shape index (κ1) is 21.7. The Morgan fingerprint density at radius 3 is 2.13 bits per heavy atom. The van der Waals surface area contributed by atoms with Gasteiger partial charge in [0.2, 0.25) is 0 Å². The van der Waals surface area contributed by atoms with Crippen LogP contribution < -0.4 is 0 Å². The first-order chi connectivity index (χ1) is 10.9. The minimum atomic E-state index is -0.574. The standard InChI is InChI=1S/C18H35NO4/c1-6-8-9-10-11-13-22-17(20)16(14-15(3)4)19(5)18(21)23-12-7-2/h15-16H,6-14H2,1-5H3. The molecule has 0 aliphatic heterocycles. The lowest BCUT2D eigenvalue weighted by Crippen LogP contribution is -2.44. The summed E-state index contributed by atoms with van der Waals surface area (Å²) in [5.41, 5.74) is 0. The molecule has 0 aromatic heterocycles. The average Bonchev–Trinajstić information content (AvgIpc) is 2.52. The number of rotatable bonds is 12. The van der Waals surface area contributed by atoms with Crippen LogP contribution in [-0.2, 0) is 14.3 Å². The number of amides is 1. The second-order valence-electron chi connectivity index (χ2n) is 6.45. The van der Waals surface area contributed by atoms with Gasteiger partial charge in [0.1, 0.15) is 6.04 Å². The Kier molecular flexibility index (Phi) is 12.5. The quantitative estimate of drug-likeness (QED) is 0.393. The molecule has 0 aliphatic carbocycles. The van der Waals surface area contributed by atoms with Crippen molar-refractivity contribution in [1.82, 2.24) is 4.90 Å². The number of carbonyl (C=O) groups excluding carboxylic acids is 2. The predicted molar refractivity (Wildman–Crippen MR) is 92.4 cm³/mol. The summed E-state index contributed by atoms with van der Waals surface area (Å²) in [7, 11) is 1.60. The topological polar surface area (TPSA) is 55.8 Å².